The van der Waals surface area contributed by atoms with Crippen LogP contribution in [0.15, 0.2) is 89.9 Å². The lowest BCUT2D eigenvalue weighted by molar-refractivity contribution is -0.129. The lowest BCUT2D eigenvalue weighted by Crippen LogP contribution is -2.06. The average Bonchev–Trinajstić information content (AvgIpc) is 3.50. The predicted octanol–water partition coefficient (Wildman–Crippen LogP) is 5.08. The van der Waals surface area contributed by atoms with Gasteiger partial charge in [-0.1, -0.05) is 18.2 Å². The van der Waals surface area contributed by atoms with E-state index in [9.17, 15) is 4.79 Å². The van der Waals surface area contributed by atoms with Crippen molar-refractivity contribution in [1.29, 1.82) is 0 Å². The first-order valence-corrected chi connectivity index (χ1v) is 11.6. The molecule has 4 aromatic rings. The number of pyridine rings is 1. The number of ether oxygens (including phenoxy) is 3. The highest BCUT2D eigenvalue weighted by Gasteiger charge is 2.26. The van der Waals surface area contributed by atoms with Crippen LogP contribution in [0, 0.1) is 0 Å². The number of cyclic esters (lactones) is 1. The van der Waals surface area contributed by atoms with Crippen molar-refractivity contribution in [3.05, 3.63) is 96.1 Å². The van der Waals surface area contributed by atoms with Gasteiger partial charge in [0.15, 0.2) is 17.2 Å². The molecule has 0 N–H and O–H groups in total. The van der Waals surface area contributed by atoms with Crippen molar-refractivity contribution in [3.63, 3.8) is 0 Å². The molecule has 3 heterocycles. The van der Waals surface area contributed by atoms with Crippen molar-refractivity contribution in [2.24, 2.45) is 4.99 Å². The fourth-order valence-electron chi connectivity index (χ4n) is 3.80. The number of benzene rings is 2. The number of carbonyl (C=O) groups excluding carboxylic acids is 1. The zero-order valence-corrected chi connectivity index (χ0v) is 19.9. The topological polar surface area (TPSA) is 87.8 Å². The van der Waals surface area contributed by atoms with Crippen LogP contribution in [0.5, 0.6) is 11.5 Å². The van der Waals surface area contributed by atoms with Crippen LogP contribution in [0.1, 0.15) is 25.0 Å². The first kappa shape index (κ1) is 23.0. The summed E-state index contributed by atoms with van der Waals surface area (Å²) in [5, 5.41) is 4.76. The first-order chi connectivity index (χ1) is 17.7. The van der Waals surface area contributed by atoms with Gasteiger partial charge in [-0.05, 0) is 62.4 Å². The van der Waals surface area contributed by atoms with Crippen molar-refractivity contribution < 1.29 is 19.0 Å². The van der Waals surface area contributed by atoms with Crippen molar-refractivity contribution in [2.75, 3.05) is 13.2 Å². The monoisotopic (exact) mass is 480 g/mol. The summed E-state index contributed by atoms with van der Waals surface area (Å²) in [6.45, 7) is 4.79. The van der Waals surface area contributed by atoms with E-state index in [1.807, 2.05) is 62.5 Å². The highest BCUT2D eigenvalue weighted by Crippen LogP contribution is 2.31. The largest absolute Gasteiger partial charge is 0.490 e. The Morgan fingerprint density at radius 1 is 0.944 bits per heavy atom. The SMILES string of the molecule is CCOc1ccc(C2=N/C(=C/c3cn(-c4ccccc4)nc3-c3cccnc3)C(=O)O2)cc1OCC. The summed E-state index contributed by atoms with van der Waals surface area (Å²) >= 11 is 0. The van der Waals surface area contributed by atoms with Crippen LogP contribution >= 0.6 is 0 Å². The number of nitrogens with zero attached hydrogens (tertiary/aromatic N) is 4. The maximum absolute atomic E-state index is 12.8. The van der Waals surface area contributed by atoms with E-state index < -0.39 is 5.97 Å². The Morgan fingerprint density at radius 2 is 1.75 bits per heavy atom. The van der Waals surface area contributed by atoms with Crippen LogP contribution in [0.25, 0.3) is 23.0 Å². The van der Waals surface area contributed by atoms with Gasteiger partial charge in [-0.25, -0.2) is 14.5 Å². The third-order valence-electron chi connectivity index (χ3n) is 5.40. The van der Waals surface area contributed by atoms with Gasteiger partial charge in [0.1, 0.15) is 5.69 Å². The molecule has 36 heavy (non-hydrogen) atoms. The quantitative estimate of drug-likeness (QED) is 0.258. The van der Waals surface area contributed by atoms with Gasteiger partial charge in [0, 0.05) is 35.3 Å². The van der Waals surface area contributed by atoms with Gasteiger partial charge in [-0.2, -0.15) is 5.10 Å². The molecule has 0 fully saturated rings. The number of carbonyl (C=O) groups is 1. The molecule has 1 aliphatic heterocycles. The number of rotatable bonds is 8. The van der Waals surface area contributed by atoms with E-state index in [4.69, 9.17) is 19.3 Å². The second-order valence-electron chi connectivity index (χ2n) is 7.82. The van der Waals surface area contributed by atoms with Crippen LogP contribution in [-0.4, -0.2) is 39.8 Å². The molecule has 0 radical (unpaired) electrons. The molecule has 2 aromatic carbocycles. The highest BCUT2D eigenvalue weighted by molar-refractivity contribution is 6.13. The zero-order chi connectivity index (χ0) is 24.9. The molecule has 8 nitrogen and oxygen atoms in total. The Kier molecular flexibility index (Phi) is 6.57. The molecular weight excluding hydrogens is 456 g/mol. The summed E-state index contributed by atoms with van der Waals surface area (Å²) in [5.74, 6) is 0.851. The summed E-state index contributed by atoms with van der Waals surface area (Å²) < 4.78 is 18.6. The minimum atomic E-state index is -0.540. The molecular formula is C28H24N4O4. The fourth-order valence-corrected chi connectivity index (χ4v) is 3.80. The molecule has 8 heteroatoms. The molecule has 1 aliphatic rings. The van der Waals surface area contributed by atoms with Crippen LogP contribution in [0.2, 0.25) is 0 Å². The van der Waals surface area contributed by atoms with Gasteiger partial charge in [0.05, 0.1) is 18.9 Å². The van der Waals surface area contributed by atoms with E-state index in [1.54, 1.807) is 41.4 Å². The summed E-state index contributed by atoms with van der Waals surface area (Å²) in [7, 11) is 0. The van der Waals surface area contributed by atoms with Crippen LogP contribution in [0.4, 0.5) is 0 Å². The molecule has 180 valence electrons. The molecule has 0 aliphatic carbocycles. The Labute approximate surface area is 208 Å². The average molecular weight is 481 g/mol. The van der Waals surface area contributed by atoms with Crippen LogP contribution in [-0.2, 0) is 9.53 Å². The van der Waals surface area contributed by atoms with E-state index in [-0.39, 0.29) is 11.6 Å². The smallest absolute Gasteiger partial charge is 0.363 e. The molecule has 0 atom stereocenters. The normalized spacial score (nSPS) is 14.0. The second kappa shape index (κ2) is 10.3. The van der Waals surface area contributed by atoms with Gasteiger partial charge >= 0.3 is 5.97 Å². The lowest BCUT2D eigenvalue weighted by Gasteiger charge is -2.11. The Morgan fingerprint density at radius 3 is 2.50 bits per heavy atom. The van der Waals surface area contributed by atoms with E-state index in [1.165, 1.54) is 0 Å². The molecule has 0 unspecified atom stereocenters. The standard InChI is InChI=1S/C28H24N4O4/c1-3-34-24-13-12-19(16-25(24)35-4-2)27-30-23(28(33)36-27)15-21-18-32(22-10-6-5-7-11-22)31-26(21)20-9-8-14-29-17-20/h5-18H,3-4H2,1-2H3/b23-15+. The summed E-state index contributed by atoms with van der Waals surface area (Å²) in [6.07, 6.45) is 6.97. The van der Waals surface area contributed by atoms with Crippen molar-refractivity contribution in [1.82, 2.24) is 14.8 Å². The van der Waals surface area contributed by atoms with Crippen molar-refractivity contribution in [3.8, 4) is 28.4 Å². The highest BCUT2D eigenvalue weighted by atomic mass is 16.6. The summed E-state index contributed by atoms with van der Waals surface area (Å²) in [4.78, 5) is 21.5. The van der Waals surface area contributed by atoms with Crippen LogP contribution in [0.3, 0.4) is 0 Å². The van der Waals surface area contributed by atoms with Crippen molar-refractivity contribution >= 4 is 17.9 Å². The maximum Gasteiger partial charge on any atom is 0.363 e. The molecule has 2 aromatic heterocycles. The van der Waals surface area contributed by atoms with Gasteiger partial charge in [-0.3, -0.25) is 4.98 Å². The number of aliphatic imine (C=N–C) groups is 1. The maximum atomic E-state index is 12.8. The number of hydrogen-bond acceptors (Lipinski definition) is 7. The van der Waals surface area contributed by atoms with E-state index in [0.29, 0.717) is 41.5 Å². The number of esters is 1. The molecule has 0 saturated carbocycles. The van der Waals surface area contributed by atoms with E-state index in [0.717, 1.165) is 11.3 Å². The minimum Gasteiger partial charge on any atom is -0.490 e. The van der Waals surface area contributed by atoms with Gasteiger partial charge in [0.2, 0.25) is 5.90 Å². The fraction of sp³-hybridized carbons (Fsp3) is 0.143. The zero-order valence-electron chi connectivity index (χ0n) is 19.9. The lowest BCUT2D eigenvalue weighted by atomic mass is 10.1. The number of para-hydroxylation sites is 1. The molecule has 5 rings (SSSR count). The first-order valence-electron chi connectivity index (χ1n) is 11.6. The third-order valence-corrected chi connectivity index (χ3v) is 5.40. The predicted molar refractivity (Wildman–Crippen MR) is 136 cm³/mol. The van der Waals surface area contributed by atoms with E-state index in [2.05, 4.69) is 9.98 Å². The number of hydrogen-bond donors (Lipinski definition) is 0. The number of aromatic nitrogens is 3. The minimum absolute atomic E-state index is 0.176. The second-order valence-corrected chi connectivity index (χ2v) is 7.82. The molecule has 0 amide bonds. The summed E-state index contributed by atoms with van der Waals surface area (Å²) in [6, 6.07) is 18.8. The Bertz CT molecular complexity index is 1440. The molecule has 0 saturated heterocycles. The molecule has 0 spiro atoms. The third kappa shape index (κ3) is 4.74. The van der Waals surface area contributed by atoms with Gasteiger partial charge in [0.25, 0.3) is 0 Å². The summed E-state index contributed by atoms with van der Waals surface area (Å²) in [5.41, 5.74) is 3.90. The van der Waals surface area contributed by atoms with E-state index >= 15 is 0 Å². The van der Waals surface area contributed by atoms with Crippen molar-refractivity contribution in [2.45, 2.75) is 13.8 Å². The van der Waals surface area contributed by atoms with Gasteiger partial charge < -0.3 is 14.2 Å². The Balaban J connectivity index is 1.54. The molecule has 0 bridgehead atoms. The van der Waals surface area contributed by atoms with Gasteiger partial charge in [-0.15, -0.1) is 0 Å². The van der Waals surface area contributed by atoms with Crippen LogP contribution < -0.4 is 9.47 Å². The Hall–Kier alpha value is -4.72.